The van der Waals surface area contributed by atoms with E-state index >= 15 is 0 Å². The lowest BCUT2D eigenvalue weighted by Crippen LogP contribution is -2.24. The topological polar surface area (TPSA) is 61.3 Å². The fraction of sp³-hybridized carbons (Fsp3) is 0.0588. The van der Waals surface area contributed by atoms with Crippen LogP contribution in [0.1, 0.15) is 5.56 Å². The highest BCUT2D eigenvalue weighted by Crippen LogP contribution is 2.34. The molecule has 4 rings (SSSR count). The van der Waals surface area contributed by atoms with Crippen molar-refractivity contribution in [3.05, 3.63) is 70.8 Å². The fourth-order valence-electron chi connectivity index (χ4n) is 2.43. The summed E-state index contributed by atoms with van der Waals surface area (Å²) in [6, 6.07) is 17.1. The van der Waals surface area contributed by atoms with Crippen LogP contribution in [0.2, 0.25) is 0 Å². The van der Waals surface area contributed by atoms with Crippen LogP contribution in [-0.2, 0) is 17.9 Å². The van der Waals surface area contributed by atoms with Crippen molar-refractivity contribution in [3.63, 3.8) is 0 Å². The zero-order chi connectivity index (χ0) is 16.5. The number of hydrogen-bond donors (Lipinski definition) is 0. The number of benzene rings is 2. The zero-order valence-corrected chi connectivity index (χ0v) is 14.8. The molecule has 0 aliphatic carbocycles. The summed E-state index contributed by atoms with van der Waals surface area (Å²) in [6.45, 7) is 0.553. The van der Waals surface area contributed by atoms with Gasteiger partial charge in [-0.05, 0) is 30.3 Å². The molecule has 0 N–H and O–H groups in total. The zero-order valence-electron chi connectivity index (χ0n) is 12.4. The maximum Gasteiger partial charge on any atom is 0.324 e. The number of nitrogens with zero attached hydrogens (tertiary/aromatic N) is 3. The van der Waals surface area contributed by atoms with E-state index in [-0.39, 0.29) is 6.01 Å². The molecule has 0 fully saturated rings. The highest BCUT2D eigenvalue weighted by atomic mass is 79.9. The van der Waals surface area contributed by atoms with Crippen molar-refractivity contribution in [2.24, 2.45) is 0 Å². The molecule has 0 saturated carbocycles. The average Bonchev–Trinajstić information content (AvgIpc) is 2.95. The molecule has 2 heterocycles. The largest absolute Gasteiger partial charge is 0.588 e. The number of anilines is 1. The van der Waals surface area contributed by atoms with Crippen LogP contribution in [0.3, 0.4) is 0 Å². The second-order valence-corrected chi connectivity index (χ2v) is 7.44. The second-order valence-electron chi connectivity index (χ2n) is 5.15. The molecule has 0 amide bonds. The van der Waals surface area contributed by atoms with E-state index in [1.54, 1.807) is 16.6 Å². The summed E-state index contributed by atoms with van der Waals surface area (Å²) in [7, 11) is 0. The Hall–Kier alpha value is -2.09. The predicted molar refractivity (Wildman–Crippen MR) is 95.3 cm³/mol. The lowest BCUT2D eigenvalue weighted by Gasteiger charge is -2.17. The van der Waals surface area contributed by atoms with Gasteiger partial charge in [0.15, 0.2) is 10.7 Å². The Balaban J connectivity index is 1.58. The SMILES string of the molecule is [O-][S+]1c2ccccc2CN1c1ccnc(Oc2ccc(Br)cc2)n1. The molecule has 7 heteroatoms. The number of fused-ring (bicyclic) bond motifs is 1. The van der Waals surface area contributed by atoms with E-state index in [0.29, 0.717) is 18.1 Å². The van der Waals surface area contributed by atoms with Gasteiger partial charge in [-0.2, -0.15) is 9.29 Å². The molecule has 120 valence electrons. The first-order chi connectivity index (χ1) is 11.7. The van der Waals surface area contributed by atoms with Gasteiger partial charge in [0.1, 0.15) is 17.1 Å². The number of halogens is 1. The standard InChI is InChI=1S/C17H12BrN3O2S/c18-13-5-7-14(8-6-13)23-17-19-10-9-16(20-17)21-11-12-3-1-2-4-15(12)24(21)22/h1-10H,11H2. The van der Waals surface area contributed by atoms with Crippen LogP contribution >= 0.6 is 15.9 Å². The number of ether oxygens (including phenoxy) is 1. The van der Waals surface area contributed by atoms with Crippen molar-refractivity contribution >= 4 is 33.1 Å². The Morgan fingerprint density at radius 3 is 2.67 bits per heavy atom. The summed E-state index contributed by atoms with van der Waals surface area (Å²) in [4.78, 5) is 9.35. The van der Waals surface area contributed by atoms with Gasteiger partial charge in [0.05, 0.1) is 6.54 Å². The van der Waals surface area contributed by atoms with Crippen LogP contribution in [-0.4, -0.2) is 14.5 Å². The monoisotopic (exact) mass is 401 g/mol. The average molecular weight is 402 g/mol. The van der Waals surface area contributed by atoms with Crippen LogP contribution in [0.15, 0.2) is 70.2 Å². The van der Waals surface area contributed by atoms with E-state index in [4.69, 9.17) is 4.74 Å². The van der Waals surface area contributed by atoms with Crippen molar-refractivity contribution in [2.75, 3.05) is 4.31 Å². The van der Waals surface area contributed by atoms with Gasteiger partial charge in [-0.1, -0.05) is 34.1 Å². The molecule has 1 aliphatic heterocycles. The third kappa shape index (κ3) is 2.98. The number of hydrogen-bond acceptors (Lipinski definition) is 5. The van der Waals surface area contributed by atoms with Gasteiger partial charge in [0.25, 0.3) is 0 Å². The first-order valence-electron chi connectivity index (χ1n) is 7.24. The number of aromatic nitrogens is 2. The van der Waals surface area contributed by atoms with Crippen LogP contribution in [0, 0.1) is 0 Å². The van der Waals surface area contributed by atoms with E-state index in [1.807, 2.05) is 48.5 Å². The van der Waals surface area contributed by atoms with Crippen molar-refractivity contribution in [3.8, 4) is 11.8 Å². The molecule has 0 saturated heterocycles. The Labute approximate surface area is 150 Å². The summed E-state index contributed by atoms with van der Waals surface area (Å²) in [6.07, 6.45) is 1.61. The summed E-state index contributed by atoms with van der Waals surface area (Å²) < 4.78 is 21.0. The smallest absolute Gasteiger partial charge is 0.324 e. The molecule has 1 aromatic heterocycles. The lowest BCUT2D eigenvalue weighted by atomic mass is 10.2. The lowest BCUT2D eigenvalue weighted by molar-refractivity contribution is 0.442. The molecule has 0 radical (unpaired) electrons. The molecule has 1 unspecified atom stereocenters. The summed E-state index contributed by atoms with van der Waals surface area (Å²) in [5.74, 6) is 1.22. The van der Waals surface area contributed by atoms with Gasteiger partial charge < -0.3 is 9.29 Å². The molecule has 0 spiro atoms. The molecular weight excluding hydrogens is 390 g/mol. The van der Waals surface area contributed by atoms with Gasteiger partial charge in [0.2, 0.25) is 0 Å². The van der Waals surface area contributed by atoms with Gasteiger partial charge in [-0.25, -0.2) is 4.98 Å². The summed E-state index contributed by atoms with van der Waals surface area (Å²) in [5, 5.41) is 0. The van der Waals surface area contributed by atoms with Crippen LogP contribution in [0.25, 0.3) is 0 Å². The van der Waals surface area contributed by atoms with Gasteiger partial charge in [-0.15, -0.1) is 0 Å². The van der Waals surface area contributed by atoms with Crippen molar-refractivity contribution in [2.45, 2.75) is 11.4 Å². The molecular formula is C17H12BrN3O2S. The summed E-state index contributed by atoms with van der Waals surface area (Å²) >= 11 is 2.12. The van der Waals surface area contributed by atoms with Gasteiger partial charge in [-0.3, -0.25) is 0 Å². The quantitative estimate of drug-likeness (QED) is 0.618. The van der Waals surface area contributed by atoms with E-state index in [2.05, 4.69) is 25.9 Å². The van der Waals surface area contributed by atoms with Crippen molar-refractivity contribution in [1.29, 1.82) is 0 Å². The molecule has 1 aliphatic rings. The normalized spacial score (nSPS) is 16.1. The molecule has 0 bridgehead atoms. The predicted octanol–water partition coefficient (Wildman–Crippen LogP) is 4.07. The minimum Gasteiger partial charge on any atom is -0.588 e. The van der Waals surface area contributed by atoms with Crippen molar-refractivity contribution in [1.82, 2.24) is 9.97 Å². The van der Waals surface area contributed by atoms with Gasteiger partial charge >= 0.3 is 6.01 Å². The fourth-order valence-corrected chi connectivity index (χ4v) is 4.01. The molecule has 1 atom stereocenters. The Morgan fingerprint density at radius 2 is 1.88 bits per heavy atom. The van der Waals surface area contributed by atoms with E-state index in [1.165, 1.54) is 0 Å². The van der Waals surface area contributed by atoms with Crippen LogP contribution in [0.5, 0.6) is 11.8 Å². The maximum absolute atomic E-state index is 12.6. The number of rotatable bonds is 3. The third-order valence-corrected chi connectivity index (χ3v) is 5.59. The highest BCUT2D eigenvalue weighted by molar-refractivity contribution is 9.10. The van der Waals surface area contributed by atoms with Gasteiger partial charge in [0, 0.05) is 22.3 Å². The van der Waals surface area contributed by atoms with E-state index < -0.39 is 11.4 Å². The van der Waals surface area contributed by atoms with Crippen LogP contribution in [0.4, 0.5) is 5.82 Å². The van der Waals surface area contributed by atoms with Crippen molar-refractivity contribution < 1.29 is 9.29 Å². The molecule has 24 heavy (non-hydrogen) atoms. The van der Waals surface area contributed by atoms with Crippen LogP contribution < -0.4 is 9.04 Å². The van der Waals surface area contributed by atoms with E-state index in [9.17, 15) is 4.55 Å². The molecule has 3 aromatic rings. The minimum absolute atomic E-state index is 0.225. The Morgan fingerprint density at radius 1 is 1.08 bits per heavy atom. The second kappa shape index (κ2) is 6.43. The highest BCUT2D eigenvalue weighted by Gasteiger charge is 2.35. The minimum atomic E-state index is -1.26. The summed E-state index contributed by atoms with van der Waals surface area (Å²) in [5.41, 5.74) is 1.05. The first-order valence-corrected chi connectivity index (χ1v) is 9.14. The Bertz CT molecular complexity index is 876. The molecule has 2 aromatic carbocycles. The molecule has 5 nitrogen and oxygen atoms in total. The Kier molecular flexibility index (Phi) is 4.13. The first kappa shape index (κ1) is 15.4. The van der Waals surface area contributed by atoms with E-state index in [0.717, 1.165) is 14.9 Å². The maximum atomic E-state index is 12.6. The third-order valence-electron chi connectivity index (χ3n) is 3.57.